The molecular weight excluding hydrogens is 332 g/mol. The van der Waals surface area contributed by atoms with E-state index in [0.29, 0.717) is 11.9 Å². The van der Waals surface area contributed by atoms with E-state index in [9.17, 15) is 4.79 Å². The van der Waals surface area contributed by atoms with Crippen LogP contribution in [0.2, 0.25) is 0 Å². The number of nitrogens with one attached hydrogen (secondary N) is 1. The number of carbonyl (C=O) groups is 1. The third kappa shape index (κ3) is 3.50. The monoisotopic (exact) mass is 362 g/mol. The minimum absolute atomic E-state index is 0.216. The second kappa shape index (κ2) is 7.27. The number of rotatable bonds is 4. The van der Waals surface area contributed by atoms with E-state index in [4.69, 9.17) is 0 Å². The van der Waals surface area contributed by atoms with Crippen molar-refractivity contribution in [3.63, 3.8) is 0 Å². The van der Waals surface area contributed by atoms with Gasteiger partial charge in [0.25, 0.3) is 0 Å². The topological polar surface area (TPSA) is 32.3 Å². The van der Waals surface area contributed by atoms with Crippen molar-refractivity contribution < 1.29 is 4.79 Å². The smallest absolute Gasteiger partial charge is 0.223 e. The third-order valence-electron chi connectivity index (χ3n) is 7.30. The Labute approximate surface area is 162 Å². The summed E-state index contributed by atoms with van der Waals surface area (Å²) < 4.78 is 0. The molecule has 1 aliphatic heterocycles. The Kier molecular flexibility index (Phi) is 4.65. The molecule has 3 heteroatoms. The lowest BCUT2D eigenvalue weighted by Gasteiger charge is -2.33. The maximum atomic E-state index is 12.7. The number of piperidine rings is 1. The Balaban J connectivity index is 1.16. The molecule has 3 aliphatic rings. The van der Waals surface area contributed by atoms with Gasteiger partial charge in [0, 0.05) is 18.5 Å². The Morgan fingerprint density at radius 2 is 1.78 bits per heavy atom. The number of fused-ring (bicyclic) bond motifs is 3. The number of benzene rings is 2. The minimum atomic E-state index is 0.216. The van der Waals surface area contributed by atoms with Crippen molar-refractivity contribution in [2.75, 3.05) is 13.1 Å². The van der Waals surface area contributed by atoms with E-state index in [2.05, 4.69) is 52.7 Å². The van der Waals surface area contributed by atoms with E-state index in [1.54, 1.807) is 0 Å². The van der Waals surface area contributed by atoms with Crippen molar-refractivity contribution in [3.05, 3.63) is 48.0 Å². The summed E-state index contributed by atoms with van der Waals surface area (Å²) in [5.41, 5.74) is 1.40. The first-order chi connectivity index (χ1) is 13.3. The maximum Gasteiger partial charge on any atom is 0.223 e. The van der Waals surface area contributed by atoms with Gasteiger partial charge in [-0.15, -0.1) is 0 Å². The maximum absolute atomic E-state index is 12.7. The summed E-state index contributed by atoms with van der Waals surface area (Å²) in [6.07, 6.45) is 7.31. The Morgan fingerprint density at radius 1 is 0.963 bits per heavy atom. The Bertz CT molecular complexity index is 819. The molecule has 3 atom stereocenters. The van der Waals surface area contributed by atoms with Gasteiger partial charge in [-0.05, 0) is 73.4 Å². The molecular formula is C24H30N2O. The van der Waals surface area contributed by atoms with E-state index >= 15 is 0 Å². The van der Waals surface area contributed by atoms with E-state index in [1.807, 2.05) is 0 Å². The fourth-order valence-electron chi connectivity index (χ4n) is 5.75. The van der Waals surface area contributed by atoms with Crippen molar-refractivity contribution in [1.29, 1.82) is 0 Å². The van der Waals surface area contributed by atoms with Crippen molar-refractivity contribution in [1.82, 2.24) is 10.2 Å². The highest BCUT2D eigenvalue weighted by Crippen LogP contribution is 2.44. The van der Waals surface area contributed by atoms with Gasteiger partial charge < -0.3 is 5.32 Å². The van der Waals surface area contributed by atoms with E-state index in [0.717, 1.165) is 44.3 Å². The number of carbonyl (C=O) groups excluding carboxylic acids is 1. The summed E-state index contributed by atoms with van der Waals surface area (Å²) in [6, 6.07) is 15.7. The van der Waals surface area contributed by atoms with E-state index in [1.165, 1.54) is 42.0 Å². The molecule has 2 aromatic rings. The largest absolute Gasteiger partial charge is 0.353 e. The molecule has 0 radical (unpaired) electrons. The van der Waals surface area contributed by atoms with Gasteiger partial charge in [0.2, 0.25) is 5.91 Å². The standard InChI is InChI=1S/C24H30N2O/c27-24(25-23-15-17-8-9-20(23)14-17)19-10-12-26(13-11-19)16-21-6-3-5-18-4-1-2-7-22(18)21/h1-7,17,19-20,23H,8-16H2,(H,25,27). The minimum Gasteiger partial charge on any atom is -0.353 e. The number of hydrogen-bond donors (Lipinski definition) is 1. The predicted molar refractivity (Wildman–Crippen MR) is 109 cm³/mol. The number of amides is 1. The SMILES string of the molecule is O=C(NC1CC2CCC1C2)C1CCN(Cc2cccc3ccccc23)CC1. The van der Waals surface area contributed by atoms with Gasteiger partial charge in [-0.25, -0.2) is 0 Å². The summed E-state index contributed by atoms with van der Waals surface area (Å²) in [4.78, 5) is 15.3. The average Bonchev–Trinajstić information content (AvgIpc) is 3.32. The number of hydrogen-bond acceptors (Lipinski definition) is 2. The van der Waals surface area contributed by atoms with Crippen LogP contribution in [0.3, 0.4) is 0 Å². The lowest BCUT2D eigenvalue weighted by molar-refractivity contribution is -0.127. The Morgan fingerprint density at radius 3 is 2.56 bits per heavy atom. The normalized spacial score (nSPS) is 28.7. The van der Waals surface area contributed by atoms with Crippen LogP contribution in [0.1, 0.15) is 44.1 Å². The summed E-state index contributed by atoms with van der Waals surface area (Å²) in [6.45, 7) is 3.04. The first-order valence-electron chi connectivity index (χ1n) is 10.8. The predicted octanol–water partition coefficient (Wildman–Crippen LogP) is 4.36. The average molecular weight is 363 g/mol. The molecule has 2 aromatic carbocycles. The highest BCUT2D eigenvalue weighted by molar-refractivity contribution is 5.85. The van der Waals surface area contributed by atoms with Crippen LogP contribution in [-0.2, 0) is 11.3 Å². The zero-order valence-electron chi connectivity index (χ0n) is 16.1. The van der Waals surface area contributed by atoms with Crippen LogP contribution in [0.4, 0.5) is 0 Å². The quantitative estimate of drug-likeness (QED) is 0.877. The molecule has 27 heavy (non-hydrogen) atoms. The lowest BCUT2D eigenvalue weighted by atomic mass is 9.92. The van der Waals surface area contributed by atoms with Crippen LogP contribution >= 0.6 is 0 Å². The molecule has 1 saturated heterocycles. The van der Waals surface area contributed by atoms with Gasteiger partial charge in [0.05, 0.1) is 0 Å². The molecule has 5 rings (SSSR count). The summed E-state index contributed by atoms with van der Waals surface area (Å²) >= 11 is 0. The first-order valence-corrected chi connectivity index (χ1v) is 10.8. The molecule has 3 fully saturated rings. The summed E-state index contributed by atoms with van der Waals surface area (Å²) in [5, 5.41) is 6.08. The second-order valence-corrected chi connectivity index (χ2v) is 8.98. The zero-order valence-corrected chi connectivity index (χ0v) is 16.1. The molecule has 2 bridgehead atoms. The van der Waals surface area contributed by atoms with Gasteiger partial charge in [-0.3, -0.25) is 9.69 Å². The van der Waals surface area contributed by atoms with Crippen LogP contribution in [-0.4, -0.2) is 29.9 Å². The molecule has 3 nitrogen and oxygen atoms in total. The molecule has 142 valence electrons. The van der Waals surface area contributed by atoms with Crippen LogP contribution in [0.25, 0.3) is 10.8 Å². The lowest BCUT2D eigenvalue weighted by Crippen LogP contribution is -2.45. The van der Waals surface area contributed by atoms with Gasteiger partial charge in [0.15, 0.2) is 0 Å². The molecule has 3 unspecified atom stereocenters. The van der Waals surface area contributed by atoms with Crippen LogP contribution < -0.4 is 5.32 Å². The van der Waals surface area contributed by atoms with Gasteiger partial charge in [-0.1, -0.05) is 48.9 Å². The third-order valence-corrected chi connectivity index (χ3v) is 7.30. The molecule has 1 heterocycles. The highest BCUT2D eigenvalue weighted by Gasteiger charge is 2.40. The molecule has 0 aromatic heterocycles. The van der Waals surface area contributed by atoms with Gasteiger partial charge in [-0.2, -0.15) is 0 Å². The van der Waals surface area contributed by atoms with E-state index in [-0.39, 0.29) is 5.92 Å². The van der Waals surface area contributed by atoms with Crippen LogP contribution in [0.5, 0.6) is 0 Å². The second-order valence-electron chi connectivity index (χ2n) is 8.98. The molecule has 1 amide bonds. The number of nitrogens with zero attached hydrogens (tertiary/aromatic N) is 1. The van der Waals surface area contributed by atoms with Crippen molar-refractivity contribution in [2.24, 2.45) is 17.8 Å². The molecule has 1 N–H and O–H groups in total. The van der Waals surface area contributed by atoms with Crippen LogP contribution in [0, 0.1) is 17.8 Å². The van der Waals surface area contributed by atoms with Crippen molar-refractivity contribution >= 4 is 16.7 Å². The van der Waals surface area contributed by atoms with Crippen molar-refractivity contribution in [3.8, 4) is 0 Å². The van der Waals surface area contributed by atoms with Gasteiger partial charge in [0.1, 0.15) is 0 Å². The molecule has 0 spiro atoms. The Hall–Kier alpha value is -1.87. The summed E-state index contributed by atoms with van der Waals surface area (Å²) in [7, 11) is 0. The first kappa shape index (κ1) is 17.2. The number of likely N-dealkylation sites (tertiary alicyclic amines) is 1. The molecule has 2 saturated carbocycles. The molecule has 2 aliphatic carbocycles. The summed E-state index contributed by atoms with van der Waals surface area (Å²) in [5.74, 6) is 2.21. The highest BCUT2D eigenvalue weighted by atomic mass is 16.2. The van der Waals surface area contributed by atoms with Crippen LogP contribution in [0.15, 0.2) is 42.5 Å². The van der Waals surface area contributed by atoms with E-state index < -0.39 is 0 Å². The zero-order chi connectivity index (χ0) is 18.2. The fourth-order valence-corrected chi connectivity index (χ4v) is 5.75. The van der Waals surface area contributed by atoms with Gasteiger partial charge >= 0.3 is 0 Å². The fraction of sp³-hybridized carbons (Fsp3) is 0.542. The van der Waals surface area contributed by atoms with Crippen molar-refractivity contribution in [2.45, 2.75) is 51.1 Å².